The number of fused-ring (bicyclic) bond motifs is 1. The second-order valence-electron chi connectivity index (χ2n) is 6.14. The monoisotopic (exact) mass is 317 g/mol. The Labute approximate surface area is 136 Å². The van der Waals surface area contributed by atoms with E-state index in [1.165, 1.54) is 0 Å². The van der Waals surface area contributed by atoms with Gasteiger partial charge in [-0.1, -0.05) is 13.0 Å². The molecule has 2 aliphatic heterocycles. The lowest BCUT2D eigenvalue weighted by molar-refractivity contribution is -0.124. The molecule has 124 valence electrons. The highest BCUT2D eigenvalue weighted by atomic mass is 16.5. The van der Waals surface area contributed by atoms with Gasteiger partial charge >= 0.3 is 0 Å². The Morgan fingerprint density at radius 2 is 2.30 bits per heavy atom. The van der Waals surface area contributed by atoms with E-state index in [-0.39, 0.29) is 23.9 Å². The number of nitrogens with one attached hydrogen (secondary N) is 3. The molecule has 3 unspecified atom stereocenters. The molecule has 1 saturated heterocycles. The Kier molecular flexibility index (Phi) is 4.52. The zero-order valence-corrected chi connectivity index (χ0v) is 13.5. The summed E-state index contributed by atoms with van der Waals surface area (Å²) in [6.07, 6.45) is 2.09. The van der Waals surface area contributed by atoms with Crippen LogP contribution in [0.3, 0.4) is 0 Å². The first-order chi connectivity index (χ1) is 11.1. The second-order valence-corrected chi connectivity index (χ2v) is 6.14. The molecule has 2 amide bonds. The van der Waals surface area contributed by atoms with Crippen LogP contribution in [0.2, 0.25) is 0 Å². The molecule has 0 bridgehead atoms. The largest absolute Gasteiger partial charge is 0.478 e. The van der Waals surface area contributed by atoms with Gasteiger partial charge in [-0.15, -0.1) is 0 Å². The maximum Gasteiger partial charge on any atom is 0.265 e. The third-order valence-electron chi connectivity index (χ3n) is 4.43. The van der Waals surface area contributed by atoms with Crippen LogP contribution in [-0.2, 0) is 9.59 Å². The molecule has 3 rings (SSSR count). The van der Waals surface area contributed by atoms with Crippen LogP contribution in [0.1, 0.15) is 44.7 Å². The van der Waals surface area contributed by atoms with Crippen molar-refractivity contribution >= 4 is 17.5 Å². The molecule has 2 heterocycles. The summed E-state index contributed by atoms with van der Waals surface area (Å²) in [5.74, 6) is 0.587. The Bertz CT molecular complexity index is 611. The van der Waals surface area contributed by atoms with Gasteiger partial charge in [0, 0.05) is 0 Å². The predicted molar refractivity (Wildman–Crippen MR) is 87.4 cm³/mol. The number of carbonyl (C=O) groups is 2. The number of amides is 2. The van der Waals surface area contributed by atoms with Gasteiger partial charge in [0.2, 0.25) is 5.91 Å². The smallest absolute Gasteiger partial charge is 0.265 e. The molecule has 0 radical (unpaired) electrons. The number of ether oxygens (including phenoxy) is 1. The molecule has 0 saturated carbocycles. The SMILES string of the molecule is CCC1Oc2cc(C(C)NC(=O)C3CCCN3)ccc2NC1=O. The summed E-state index contributed by atoms with van der Waals surface area (Å²) in [5, 5.41) is 9.08. The number of hydrogen-bond donors (Lipinski definition) is 3. The van der Waals surface area contributed by atoms with Gasteiger partial charge < -0.3 is 20.7 Å². The van der Waals surface area contributed by atoms with Crippen molar-refractivity contribution in [3.05, 3.63) is 23.8 Å². The van der Waals surface area contributed by atoms with E-state index in [9.17, 15) is 9.59 Å². The number of benzene rings is 1. The van der Waals surface area contributed by atoms with Crippen molar-refractivity contribution in [2.24, 2.45) is 0 Å². The molecule has 6 nitrogen and oxygen atoms in total. The van der Waals surface area contributed by atoms with Crippen LogP contribution >= 0.6 is 0 Å². The lowest BCUT2D eigenvalue weighted by atomic mass is 10.1. The predicted octanol–water partition coefficient (Wildman–Crippen LogP) is 1.73. The van der Waals surface area contributed by atoms with Gasteiger partial charge in [0.15, 0.2) is 6.10 Å². The molecule has 23 heavy (non-hydrogen) atoms. The van der Waals surface area contributed by atoms with E-state index in [0.29, 0.717) is 17.9 Å². The molecule has 1 aromatic carbocycles. The van der Waals surface area contributed by atoms with Crippen molar-refractivity contribution in [3.8, 4) is 5.75 Å². The van der Waals surface area contributed by atoms with E-state index in [0.717, 1.165) is 24.9 Å². The molecular formula is C17H23N3O3. The average molecular weight is 317 g/mol. The van der Waals surface area contributed by atoms with E-state index in [1.54, 1.807) is 0 Å². The summed E-state index contributed by atoms with van der Waals surface area (Å²) in [7, 11) is 0. The third-order valence-corrected chi connectivity index (χ3v) is 4.43. The Morgan fingerprint density at radius 1 is 1.48 bits per heavy atom. The van der Waals surface area contributed by atoms with Crippen LogP contribution in [-0.4, -0.2) is 30.5 Å². The summed E-state index contributed by atoms with van der Waals surface area (Å²) < 4.78 is 5.75. The van der Waals surface area contributed by atoms with Gasteiger partial charge in [0.1, 0.15) is 5.75 Å². The fourth-order valence-corrected chi connectivity index (χ4v) is 3.00. The van der Waals surface area contributed by atoms with Gasteiger partial charge in [-0.3, -0.25) is 9.59 Å². The zero-order chi connectivity index (χ0) is 16.4. The van der Waals surface area contributed by atoms with E-state index in [2.05, 4.69) is 16.0 Å². The fourth-order valence-electron chi connectivity index (χ4n) is 3.00. The minimum absolute atomic E-state index is 0.0355. The third kappa shape index (κ3) is 3.32. The van der Waals surface area contributed by atoms with Gasteiger partial charge in [0.25, 0.3) is 5.91 Å². The maximum absolute atomic E-state index is 12.2. The quantitative estimate of drug-likeness (QED) is 0.790. The first-order valence-corrected chi connectivity index (χ1v) is 8.23. The topological polar surface area (TPSA) is 79.5 Å². The van der Waals surface area contributed by atoms with E-state index in [4.69, 9.17) is 4.74 Å². The summed E-state index contributed by atoms with van der Waals surface area (Å²) in [5.41, 5.74) is 1.64. The molecule has 0 aliphatic carbocycles. The zero-order valence-electron chi connectivity index (χ0n) is 13.5. The van der Waals surface area contributed by atoms with Gasteiger partial charge in [-0.2, -0.15) is 0 Å². The van der Waals surface area contributed by atoms with Crippen molar-refractivity contribution in [2.75, 3.05) is 11.9 Å². The summed E-state index contributed by atoms with van der Waals surface area (Å²) in [6, 6.07) is 5.42. The number of anilines is 1. The molecule has 1 fully saturated rings. The molecular weight excluding hydrogens is 294 g/mol. The van der Waals surface area contributed by atoms with Crippen LogP contribution in [0.15, 0.2) is 18.2 Å². The van der Waals surface area contributed by atoms with Crippen molar-refractivity contribution in [2.45, 2.75) is 51.3 Å². The van der Waals surface area contributed by atoms with Crippen LogP contribution in [0.25, 0.3) is 0 Å². The van der Waals surface area contributed by atoms with Gasteiger partial charge in [-0.25, -0.2) is 0 Å². The molecule has 0 aromatic heterocycles. The summed E-state index contributed by atoms with van der Waals surface area (Å²) >= 11 is 0. The number of hydrogen-bond acceptors (Lipinski definition) is 4. The van der Waals surface area contributed by atoms with Crippen molar-refractivity contribution in [3.63, 3.8) is 0 Å². The standard InChI is InChI=1S/C17H23N3O3/c1-3-14-17(22)20-12-7-6-11(9-15(12)23-14)10(2)19-16(21)13-5-4-8-18-13/h6-7,9-10,13-14,18H,3-5,8H2,1-2H3,(H,19,21)(H,20,22). The Hall–Kier alpha value is -2.08. The van der Waals surface area contributed by atoms with Crippen molar-refractivity contribution in [1.29, 1.82) is 0 Å². The highest BCUT2D eigenvalue weighted by molar-refractivity contribution is 5.97. The average Bonchev–Trinajstić information content (AvgIpc) is 3.08. The normalized spacial score (nSPS) is 24.3. The highest BCUT2D eigenvalue weighted by Gasteiger charge is 2.27. The van der Waals surface area contributed by atoms with E-state index in [1.807, 2.05) is 32.0 Å². The fraction of sp³-hybridized carbons (Fsp3) is 0.529. The molecule has 0 spiro atoms. The molecule has 1 aromatic rings. The molecule has 2 aliphatic rings. The first-order valence-electron chi connectivity index (χ1n) is 8.23. The summed E-state index contributed by atoms with van der Waals surface area (Å²) in [6.45, 7) is 4.76. The van der Waals surface area contributed by atoms with Gasteiger partial charge in [-0.05, 0) is 50.4 Å². The highest BCUT2D eigenvalue weighted by Crippen LogP contribution is 2.33. The van der Waals surface area contributed by atoms with E-state index < -0.39 is 6.10 Å². The van der Waals surface area contributed by atoms with Gasteiger partial charge in [0.05, 0.1) is 17.8 Å². The first kappa shape index (κ1) is 15.8. The van der Waals surface area contributed by atoms with Crippen molar-refractivity contribution in [1.82, 2.24) is 10.6 Å². The van der Waals surface area contributed by atoms with Crippen LogP contribution in [0, 0.1) is 0 Å². The number of carbonyl (C=O) groups excluding carboxylic acids is 2. The van der Waals surface area contributed by atoms with E-state index >= 15 is 0 Å². The molecule has 3 N–H and O–H groups in total. The molecule has 3 atom stereocenters. The van der Waals surface area contributed by atoms with Crippen LogP contribution in [0.4, 0.5) is 5.69 Å². The number of rotatable bonds is 4. The van der Waals surface area contributed by atoms with Crippen LogP contribution in [0.5, 0.6) is 5.75 Å². The van der Waals surface area contributed by atoms with Crippen molar-refractivity contribution < 1.29 is 14.3 Å². The second kappa shape index (κ2) is 6.58. The summed E-state index contributed by atoms with van der Waals surface area (Å²) in [4.78, 5) is 24.0. The minimum atomic E-state index is -0.453. The van der Waals surface area contributed by atoms with Crippen LogP contribution < -0.4 is 20.7 Å². The lowest BCUT2D eigenvalue weighted by Crippen LogP contribution is -2.41. The Balaban J connectivity index is 1.71. The lowest BCUT2D eigenvalue weighted by Gasteiger charge is -2.26. The minimum Gasteiger partial charge on any atom is -0.478 e. The molecule has 6 heteroatoms. The Morgan fingerprint density at radius 3 is 3.00 bits per heavy atom. The maximum atomic E-state index is 12.2.